The number of nitrogens with two attached hydrogens (primary N) is 1. The Kier molecular flexibility index (Phi) is 4.69. The van der Waals surface area contributed by atoms with Crippen LogP contribution in [0, 0.1) is 16.0 Å². The van der Waals surface area contributed by atoms with Gasteiger partial charge in [0, 0.05) is 32.7 Å². The largest absolute Gasteiger partial charge is 0.378 e. The Hall–Kier alpha value is -1.71. The predicted molar refractivity (Wildman–Crippen MR) is 83.2 cm³/mol. The number of sulfonamides is 1. The zero-order valence-corrected chi connectivity index (χ0v) is 13.3. The van der Waals surface area contributed by atoms with Crippen LogP contribution in [0.5, 0.6) is 0 Å². The third-order valence-electron chi connectivity index (χ3n) is 3.70. The number of hydrogen-bond acceptors (Lipinski definition) is 6. The van der Waals surface area contributed by atoms with Gasteiger partial charge in [-0.1, -0.05) is 0 Å². The van der Waals surface area contributed by atoms with E-state index < -0.39 is 14.9 Å². The quantitative estimate of drug-likeness (QED) is 0.569. The topological polar surface area (TPSA) is 119 Å². The summed E-state index contributed by atoms with van der Waals surface area (Å²) in [4.78, 5) is 10.5. The Morgan fingerprint density at radius 2 is 2.09 bits per heavy atom. The summed E-state index contributed by atoms with van der Waals surface area (Å²) >= 11 is 0. The van der Waals surface area contributed by atoms with Crippen molar-refractivity contribution in [2.75, 3.05) is 26.0 Å². The molecule has 1 aromatic rings. The summed E-state index contributed by atoms with van der Waals surface area (Å²) in [5.74, 6) is 0.472. The minimum Gasteiger partial charge on any atom is -0.378 e. The van der Waals surface area contributed by atoms with Gasteiger partial charge in [0.2, 0.25) is 10.0 Å². The maximum atomic E-state index is 12.0. The average molecular weight is 328 g/mol. The molecule has 0 saturated heterocycles. The Labute approximate surface area is 129 Å². The molecule has 1 aromatic carbocycles. The van der Waals surface area contributed by atoms with Gasteiger partial charge in [-0.15, -0.1) is 0 Å². The first-order valence-corrected chi connectivity index (χ1v) is 8.38. The van der Waals surface area contributed by atoms with Crippen LogP contribution >= 0.6 is 0 Å². The molecule has 0 radical (unpaired) electrons. The number of nitrogens with zero attached hydrogens (tertiary/aromatic N) is 2. The first kappa shape index (κ1) is 16.7. The van der Waals surface area contributed by atoms with Gasteiger partial charge in [-0.05, 0) is 30.9 Å². The van der Waals surface area contributed by atoms with E-state index in [4.69, 9.17) is 5.73 Å². The van der Waals surface area contributed by atoms with Crippen LogP contribution < -0.4 is 11.1 Å². The normalized spacial score (nSPS) is 16.5. The van der Waals surface area contributed by atoms with Gasteiger partial charge in [0.1, 0.15) is 5.69 Å². The monoisotopic (exact) mass is 328 g/mol. The molecule has 0 aromatic heterocycles. The fourth-order valence-corrected chi connectivity index (χ4v) is 3.02. The van der Waals surface area contributed by atoms with Crippen LogP contribution in [-0.4, -0.2) is 44.3 Å². The van der Waals surface area contributed by atoms with Crippen LogP contribution in [0.2, 0.25) is 0 Å². The SMILES string of the molecule is CN(C)S(=O)(=O)c1ccc(NCC(N)C2CC2)c([N+](=O)[O-])c1. The van der Waals surface area contributed by atoms with Gasteiger partial charge in [0.15, 0.2) is 0 Å². The number of hydrogen-bond donors (Lipinski definition) is 2. The van der Waals surface area contributed by atoms with Crippen LogP contribution in [0.3, 0.4) is 0 Å². The minimum atomic E-state index is -3.71. The molecule has 0 spiro atoms. The highest BCUT2D eigenvalue weighted by Gasteiger charge is 2.29. The highest BCUT2D eigenvalue weighted by molar-refractivity contribution is 7.89. The van der Waals surface area contributed by atoms with E-state index in [1.54, 1.807) is 0 Å². The first-order valence-electron chi connectivity index (χ1n) is 6.94. The van der Waals surface area contributed by atoms with Gasteiger partial charge in [-0.25, -0.2) is 12.7 Å². The molecule has 0 bridgehead atoms. The fourth-order valence-electron chi connectivity index (χ4n) is 2.10. The molecule has 1 aliphatic rings. The highest BCUT2D eigenvalue weighted by Crippen LogP contribution is 2.33. The van der Waals surface area contributed by atoms with E-state index in [1.807, 2.05) is 0 Å². The van der Waals surface area contributed by atoms with E-state index in [-0.39, 0.29) is 22.3 Å². The number of nitro benzene ring substituents is 1. The second-order valence-corrected chi connectivity index (χ2v) is 7.76. The fraction of sp³-hybridized carbons (Fsp3) is 0.538. The Morgan fingerprint density at radius 3 is 2.59 bits per heavy atom. The summed E-state index contributed by atoms with van der Waals surface area (Å²) in [5, 5.41) is 14.1. The molecule has 0 aliphatic heterocycles. The summed E-state index contributed by atoms with van der Waals surface area (Å²) in [7, 11) is -0.954. The van der Waals surface area contributed by atoms with Crippen molar-refractivity contribution in [2.45, 2.75) is 23.8 Å². The zero-order chi connectivity index (χ0) is 16.5. The number of nitro groups is 1. The first-order chi connectivity index (χ1) is 10.2. The van der Waals surface area contributed by atoms with Crippen molar-refractivity contribution in [1.29, 1.82) is 0 Å². The van der Waals surface area contributed by atoms with Crippen LogP contribution in [0.4, 0.5) is 11.4 Å². The Bertz CT molecular complexity index is 671. The van der Waals surface area contributed by atoms with Crippen LogP contribution in [0.25, 0.3) is 0 Å². The highest BCUT2D eigenvalue weighted by atomic mass is 32.2. The van der Waals surface area contributed by atoms with Crippen molar-refractivity contribution in [2.24, 2.45) is 11.7 Å². The predicted octanol–water partition coefficient (Wildman–Crippen LogP) is 0.994. The van der Waals surface area contributed by atoms with E-state index in [2.05, 4.69) is 5.32 Å². The lowest BCUT2D eigenvalue weighted by molar-refractivity contribution is -0.384. The summed E-state index contributed by atoms with van der Waals surface area (Å²) in [6, 6.07) is 3.78. The van der Waals surface area contributed by atoms with Gasteiger partial charge < -0.3 is 11.1 Å². The Balaban J connectivity index is 2.25. The van der Waals surface area contributed by atoms with Gasteiger partial charge in [-0.3, -0.25) is 10.1 Å². The van der Waals surface area contributed by atoms with Crippen molar-refractivity contribution >= 4 is 21.4 Å². The minimum absolute atomic E-state index is 0.0511. The van der Waals surface area contributed by atoms with E-state index in [0.29, 0.717) is 12.5 Å². The molecule has 1 aliphatic carbocycles. The van der Waals surface area contributed by atoms with Gasteiger partial charge in [0.05, 0.1) is 9.82 Å². The second-order valence-electron chi connectivity index (χ2n) is 5.61. The number of rotatable bonds is 7. The average Bonchev–Trinajstić information content (AvgIpc) is 3.28. The maximum absolute atomic E-state index is 12.0. The molecule has 9 heteroatoms. The van der Waals surface area contributed by atoms with Crippen molar-refractivity contribution in [1.82, 2.24) is 4.31 Å². The summed E-state index contributed by atoms with van der Waals surface area (Å²) in [5.41, 5.74) is 5.96. The molecule has 0 amide bonds. The van der Waals surface area contributed by atoms with Gasteiger partial charge in [0.25, 0.3) is 5.69 Å². The molecule has 1 atom stereocenters. The van der Waals surface area contributed by atoms with Crippen LogP contribution in [-0.2, 0) is 10.0 Å². The van der Waals surface area contributed by atoms with Crippen molar-refractivity contribution in [3.8, 4) is 0 Å². The maximum Gasteiger partial charge on any atom is 0.293 e. The molecular formula is C13H20N4O4S. The number of benzene rings is 1. The molecule has 22 heavy (non-hydrogen) atoms. The third kappa shape index (κ3) is 3.54. The smallest absolute Gasteiger partial charge is 0.293 e. The van der Waals surface area contributed by atoms with Crippen molar-refractivity contribution in [3.63, 3.8) is 0 Å². The van der Waals surface area contributed by atoms with E-state index in [1.165, 1.54) is 26.2 Å². The summed E-state index contributed by atoms with van der Waals surface area (Å²) in [6.07, 6.45) is 2.18. The van der Waals surface area contributed by atoms with Crippen LogP contribution in [0.1, 0.15) is 12.8 Å². The molecule has 1 fully saturated rings. The molecular weight excluding hydrogens is 308 g/mol. The van der Waals surface area contributed by atoms with E-state index in [9.17, 15) is 18.5 Å². The Morgan fingerprint density at radius 1 is 1.45 bits per heavy atom. The molecule has 1 saturated carbocycles. The van der Waals surface area contributed by atoms with Crippen LogP contribution in [0.15, 0.2) is 23.1 Å². The number of anilines is 1. The molecule has 122 valence electrons. The lowest BCUT2D eigenvalue weighted by atomic mass is 10.2. The number of nitrogens with one attached hydrogen (secondary N) is 1. The molecule has 0 heterocycles. The van der Waals surface area contributed by atoms with Gasteiger partial charge >= 0.3 is 0 Å². The van der Waals surface area contributed by atoms with E-state index >= 15 is 0 Å². The molecule has 1 unspecified atom stereocenters. The summed E-state index contributed by atoms with van der Waals surface area (Å²) in [6.45, 7) is 0.422. The van der Waals surface area contributed by atoms with Gasteiger partial charge in [-0.2, -0.15) is 0 Å². The third-order valence-corrected chi connectivity index (χ3v) is 5.51. The second kappa shape index (κ2) is 6.19. The molecule has 8 nitrogen and oxygen atoms in total. The molecule has 3 N–H and O–H groups in total. The lowest BCUT2D eigenvalue weighted by Crippen LogP contribution is -2.31. The molecule has 2 rings (SSSR count). The van der Waals surface area contributed by atoms with Crippen molar-refractivity contribution in [3.05, 3.63) is 28.3 Å². The standard InChI is InChI=1S/C13H20N4O4S/c1-16(2)22(20,21)10-5-6-12(13(7-10)17(18)19)15-8-11(14)9-3-4-9/h5-7,9,11,15H,3-4,8,14H2,1-2H3. The zero-order valence-electron chi connectivity index (χ0n) is 12.5. The van der Waals surface area contributed by atoms with E-state index in [0.717, 1.165) is 23.2 Å². The van der Waals surface area contributed by atoms with Crippen molar-refractivity contribution < 1.29 is 13.3 Å². The summed E-state index contributed by atoms with van der Waals surface area (Å²) < 4.78 is 25.1. The lowest BCUT2D eigenvalue weighted by Gasteiger charge is -2.15.